The van der Waals surface area contributed by atoms with E-state index in [0.717, 1.165) is 42.5 Å². The van der Waals surface area contributed by atoms with Crippen molar-refractivity contribution in [3.63, 3.8) is 0 Å². The first-order chi connectivity index (χ1) is 9.76. The SMILES string of the molecule is NNc1nc(NCC2(CCO)CC2)c2ccccc2n1. The molecular formula is C14H19N5O. The molecule has 20 heavy (non-hydrogen) atoms. The Morgan fingerprint density at radius 1 is 1.25 bits per heavy atom. The van der Waals surface area contributed by atoms with Gasteiger partial charge in [0.05, 0.1) is 5.52 Å². The Labute approximate surface area is 117 Å². The minimum atomic E-state index is 0.233. The lowest BCUT2D eigenvalue weighted by Crippen LogP contribution is -2.18. The number of nitrogens with two attached hydrogens (primary N) is 1. The summed E-state index contributed by atoms with van der Waals surface area (Å²) < 4.78 is 0. The number of hydrogen-bond donors (Lipinski definition) is 4. The van der Waals surface area contributed by atoms with Crippen LogP contribution in [0, 0.1) is 5.41 Å². The summed E-state index contributed by atoms with van der Waals surface area (Å²) in [5.74, 6) is 6.60. The molecule has 6 heteroatoms. The van der Waals surface area contributed by atoms with E-state index in [1.807, 2.05) is 24.3 Å². The quantitative estimate of drug-likeness (QED) is 0.470. The van der Waals surface area contributed by atoms with Crippen LogP contribution in [0.2, 0.25) is 0 Å². The van der Waals surface area contributed by atoms with Crippen molar-refractivity contribution in [1.29, 1.82) is 0 Å². The highest BCUT2D eigenvalue weighted by atomic mass is 16.3. The van der Waals surface area contributed by atoms with Crippen LogP contribution < -0.4 is 16.6 Å². The third-order valence-electron chi connectivity index (χ3n) is 3.96. The zero-order valence-corrected chi connectivity index (χ0v) is 11.3. The maximum atomic E-state index is 9.11. The van der Waals surface area contributed by atoms with Crippen molar-refractivity contribution in [2.75, 3.05) is 23.9 Å². The van der Waals surface area contributed by atoms with Crippen molar-refractivity contribution in [2.24, 2.45) is 11.3 Å². The van der Waals surface area contributed by atoms with Gasteiger partial charge in [0.1, 0.15) is 5.82 Å². The highest BCUT2D eigenvalue weighted by molar-refractivity contribution is 5.90. The lowest BCUT2D eigenvalue weighted by atomic mass is 10.0. The molecule has 1 aliphatic carbocycles. The number of anilines is 2. The van der Waals surface area contributed by atoms with Gasteiger partial charge >= 0.3 is 0 Å². The molecule has 3 rings (SSSR count). The van der Waals surface area contributed by atoms with Gasteiger partial charge in [0.15, 0.2) is 0 Å². The molecule has 0 aliphatic heterocycles. The lowest BCUT2D eigenvalue weighted by Gasteiger charge is -2.16. The van der Waals surface area contributed by atoms with Crippen LogP contribution in [0.3, 0.4) is 0 Å². The molecule has 1 saturated carbocycles. The van der Waals surface area contributed by atoms with E-state index in [4.69, 9.17) is 10.9 Å². The summed E-state index contributed by atoms with van der Waals surface area (Å²) in [6, 6.07) is 7.83. The van der Waals surface area contributed by atoms with Crippen LogP contribution in [0.5, 0.6) is 0 Å². The molecule has 0 atom stereocenters. The van der Waals surface area contributed by atoms with Gasteiger partial charge in [-0.05, 0) is 36.8 Å². The molecule has 5 N–H and O–H groups in total. The number of nitrogens with one attached hydrogen (secondary N) is 2. The molecular weight excluding hydrogens is 254 g/mol. The number of aliphatic hydroxyl groups is 1. The fourth-order valence-corrected chi connectivity index (χ4v) is 2.48. The molecule has 2 aromatic rings. The number of para-hydroxylation sites is 1. The first kappa shape index (κ1) is 13.1. The highest BCUT2D eigenvalue weighted by Crippen LogP contribution is 2.48. The molecule has 1 aliphatic rings. The fraction of sp³-hybridized carbons (Fsp3) is 0.429. The summed E-state index contributed by atoms with van der Waals surface area (Å²) in [5.41, 5.74) is 3.58. The third kappa shape index (κ3) is 2.52. The van der Waals surface area contributed by atoms with E-state index in [1.54, 1.807) is 0 Å². The summed E-state index contributed by atoms with van der Waals surface area (Å²) in [7, 11) is 0. The molecule has 0 amide bonds. The average molecular weight is 273 g/mol. The second-order valence-corrected chi connectivity index (χ2v) is 5.38. The summed E-state index contributed by atoms with van der Waals surface area (Å²) in [4.78, 5) is 8.71. The fourth-order valence-electron chi connectivity index (χ4n) is 2.48. The van der Waals surface area contributed by atoms with Crippen LogP contribution in [0.25, 0.3) is 10.9 Å². The van der Waals surface area contributed by atoms with Gasteiger partial charge in [-0.2, -0.15) is 4.98 Å². The Kier molecular flexibility index (Phi) is 3.42. The topological polar surface area (TPSA) is 96.1 Å². The highest BCUT2D eigenvalue weighted by Gasteiger charge is 2.41. The van der Waals surface area contributed by atoms with E-state index < -0.39 is 0 Å². The van der Waals surface area contributed by atoms with Crippen molar-refractivity contribution in [1.82, 2.24) is 9.97 Å². The Balaban J connectivity index is 1.86. The summed E-state index contributed by atoms with van der Waals surface area (Å²) in [5, 5.41) is 13.5. The molecule has 6 nitrogen and oxygen atoms in total. The van der Waals surface area contributed by atoms with Gasteiger partial charge in [-0.15, -0.1) is 0 Å². The third-order valence-corrected chi connectivity index (χ3v) is 3.96. The molecule has 106 valence electrons. The molecule has 1 aromatic carbocycles. The van der Waals surface area contributed by atoms with E-state index in [9.17, 15) is 0 Å². The standard InChI is InChI=1S/C14H19N5O/c15-19-13-17-11-4-2-1-3-10(11)12(18-13)16-9-14(5-6-14)7-8-20/h1-4,20H,5-9,15H2,(H2,16,17,18,19). The van der Waals surface area contributed by atoms with E-state index in [-0.39, 0.29) is 12.0 Å². The van der Waals surface area contributed by atoms with Crippen LogP contribution in [-0.2, 0) is 0 Å². The second-order valence-electron chi connectivity index (χ2n) is 5.38. The van der Waals surface area contributed by atoms with Gasteiger partial charge in [-0.1, -0.05) is 12.1 Å². The minimum absolute atomic E-state index is 0.233. The molecule has 0 spiro atoms. The van der Waals surface area contributed by atoms with Crippen LogP contribution in [0.1, 0.15) is 19.3 Å². The van der Waals surface area contributed by atoms with Crippen LogP contribution in [0.15, 0.2) is 24.3 Å². The molecule has 1 heterocycles. The largest absolute Gasteiger partial charge is 0.396 e. The second kappa shape index (κ2) is 5.22. The van der Waals surface area contributed by atoms with Gasteiger partial charge in [0, 0.05) is 18.5 Å². The van der Waals surface area contributed by atoms with E-state index in [0.29, 0.717) is 5.95 Å². The van der Waals surface area contributed by atoms with Gasteiger partial charge in [0.2, 0.25) is 5.95 Å². The number of hydrogen-bond acceptors (Lipinski definition) is 6. The van der Waals surface area contributed by atoms with E-state index >= 15 is 0 Å². The van der Waals surface area contributed by atoms with E-state index in [1.165, 1.54) is 0 Å². The molecule has 0 bridgehead atoms. The molecule has 1 aromatic heterocycles. The number of aromatic nitrogens is 2. The summed E-state index contributed by atoms with van der Waals surface area (Å²) in [6.45, 7) is 1.06. The zero-order valence-electron chi connectivity index (χ0n) is 11.3. The minimum Gasteiger partial charge on any atom is -0.396 e. The molecule has 0 saturated heterocycles. The number of rotatable bonds is 6. The Morgan fingerprint density at radius 3 is 2.75 bits per heavy atom. The Hall–Kier alpha value is -1.92. The van der Waals surface area contributed by atoms with Crippen molar-refractivity contribution in [2.45, 2.75) is 19.3 Å². The number of fused-ring (bicyclic) bond motifs is 1. The van der Waals surface area contributed by atoms with Gasteiger partial charge in [0.25, 0.3) is 0 Å². The smallest absolute Gasteiger partial charge is 0.239 e. The zero-order chi connectivity index (χ0) is 14.0. The van der Waals surface area contributed by atoms with Crippen molar-refractivity contribution < 1.29 is 5.11 Å². The first-order valence-electron chi connectivity index (χ1n) is 6.84. The van der Waals surface area contributed by atoms with Gasteiger partial charge in [-0.25, -0.2) is 10.8 Å². The monoisotopic (exact) mass is 273 g/mol. The molecule has 0 unspecified atom stereocenters. The molecule has 0 radical (unpaired) electrons. The van der Waals surface area contributed by atoms with Crippen LogP contribution in [0.4, 0.5) is 11.8 Å². The number of hydrazine groups is 1. The van der Waals surface area contributed by atoms with Crippen molar-refractivity contribution in [3.05, 3.63) is 24.3 Å². The normalized spacial score (nSPS) is 16.1. The summed E-state index contributed by atoms with van der Waals surface area (Å²) in [6.07, 6.45) is 3.15. The molecule has 1 fully saturated rings. The Bertz CT molecular complexity index is 612. The number of benzene rings is 1. The maximum Gasteiger partial charge on any atom is 0.239 e. The lowest BCUT2D eigenvalue weighted by molar-refractivity contribution is 0.253. The number of nitrogen functional groups attached to an aromatic ring is 1. The predicted molar refractivity (Wildman–Crippen MR) is 79.2 cm³/mol. The van der Waals surface area contributed by atoms with Gasteiger partial charge < -0.3 is 10.4 Å². The predicted octanol–water partition coefficient (Wildman–Crippen LogP) is 1.49. The number of aliphatic hydroxyl groups excluding tert-OH is 1. The van der Waals surface area contributed by atoms with Crippen LogP contribution in [-0.4, -0.2) is 28.2 Å². The number of nitrogens with zero attached hydrogens (tertiary/aromatic N) is 2. The van der Waals surface area contributed by atoms with Crippen molar-refractivity contribution >= 4 is 22.7 Å². The van der Waals surface area contributed by atoms with Crippen LogP contribution >= 0.6 is 0 Å². The average Bonchev–Trinajstić information content (AvgIpc) is 3.25. The Morgan fingerprint density at radius 2 is 2.05 bits per heavy atom. The summed E-state index contributed by atoms with van der Waals surface area (Å²) >= 11 is 0. The van der Waals surface area contributed by atoms with E-state index in [2.05, 4.69) is 20.7 Å². The maximum absolute atomic E-state index is 9.11. The van der Waals surface area contributed by atoms with Gasteiger partial charge in [-0.3, -0.25) is 5.43 Å². The first-order valence-corrected chi connectivity index (χ1v) is 6.84. The van der Waals surface area contributed by atoms with Crippen molar-refractivity contribution in [3.8, 4) is 0 Å².